The van der Waals surface area contributed by atoms with E-state index in [4.69, 9.17) is 24.7 Å². The number of rotatable bonds is 6. The molecule has 23 heavy (non-hydrogen) atoms. The van der Waals surface area contributed by atoms with Crippen molar-refractivity contribution < 1.29 is 18.9 Å². The van der Waals surface area contributed by atoms with Crippen LogP contribution in [-0.4, -0.2) is 40.3 Å². The zero-order valence-electron chi connectivity index (χ0n) is 13.9. The fourth-order valence-electron chi connectivity index (χ4n) is 2.62. The zero-order valence-corrected chi connectivity index (χ0v) is 13.9. The highest BCUT2D eigenvalue weighted by Crippen LogP contribution is 2.35. The van der Waals surface area contributed by atoms with Gasteiger partial charge < -0.3 is 24.7 Å². The summed E-state index contributed by atoms with van der Waals surface area (Å²) in [5.41, 5.74) is 8.47. The first-order valence-corrected chi connectivity index (χ1v) is 7.24. The molecule has 0 aromatic heterocycles. The molecule has 0 saturated carbocycles. The molecule has 0 amide bonds. The first-order valence-electron chi connectivity index (χ1n) is 7.24. The van der Waals surface area contributed by atoms with E-state index in [9.17, 15) is 0 Å². The van der Waals surface area contributed by atoms with Gasteiger partial charge in [0.2, 0.25) is 0 Å². The molecule has 0 heterocycles. The standard InChI is InChI=1S/C18H23NO4/c1-20-16-11-14(9-8-13-6-5-7-15(19)10-13)12-17(21-2)18(16,22-3)23-4/h5-12,16H,19H2,1-4H3/b9-8-. The maximum absolute atomic E-state index is 5.79. The zero-order chi connectivity index (χ0) is 16.9. The van der Waals surface area contributed by atoms with Gasteiger partial charge in [-0.3, -0.25) is 0 Å². The molecule has 0 spiro atoms. The van der Waals surface area contributed by atoms with Crippen molar-refractivity contribution in [2.75, 3.05) is 34.2 Å². The summed E-state index contributed by atoms with van der Waals surface area (Å²) >= 11 is 0. The van der Waals surface area contributed by atoms with E-state index < -0.39 is 11.9 Å². The van der Waals surface area contributed by atoms with Gasteiger partial charge in [0, 0.05) is 27.0 Å². The summed E-state index contributed by atoms with van der Waals surface area (Å²) in [5, 5.41) is 0. The largest absolute Gasteiger partial charge is 0.495 e. The molecule has 1 aliphatic carbocycles. The molecule has 5 nitrogen and oxygen atoms in total. The van der Waals surface area contributed by atoms with Crippen LogP contribution in [-0.2, 0) is 18.9 Å². The second-order valence-electron chi connectivity index (χ2n) is 5.11. The van der Waals surface area contributed by atoms with E-state index in [0.29, 0.717) is 5.76 Å². The molecule has 0 bridgehead atoms. The van der Waals surface area contributed by atoms with Crippen LogP contribution >= 0.6 is 0 Å². The number of methoxy groups -OCH3 is 4. The Labute approximate surface area is 137 Å². The van der Waals surface area contributed by atoms with Crippen molar-refractivity contribution in [3.05, 3.63) is 59.4 Å². The van der Waals surface area contributed by atoms with E-state index in [0.717, 1.165) is 16.8 Å². The molecule has 1 aromatic rings. The Morgan fingerprint density at radius 2 is 1.83 bits per heavy atom. The quantitative estimate of drug-likeness (QED) is 0.646. The van der Waals surface area contributed by atoms with Gasteiger partial charge in [-0.15, -0.1) is 0 Å². The topological polar surface area (TPSA) is 62.9 Å². The summed E-state index contributed by atoms with van der Waals surface area (Å²) in [6.07, 6.45) is 7.31. The lowest BCUT2D eigenvalue weighted by Gasteiger charge is -2.38. The number of hydrogen-bond acceptors (Lipinski definition) is 5. The monoisotopic (exact) mass is 317 g/mol. The number of nitrogens with two attached hydrogens (primary N) is 1. The Bertz CT molecular complexity index is 630. The van der Waals surface area contributed by atoms with E-state index in [-0.39, 0.29) is 0 Å². The van der Waals surface area contributed by atoms with E-state index in [1.165, 1.54) is 0 Å². The number of anilines is 1. The van der Waals surface area contributed by atoms with Crippen molar-refractivity contribution in [2.45, 2.75) is 11.9 Å². The number of ether oxygens (including phenoxy) is 4. The van der Waals surface area contributed by atoms with Crippen LogP contribution in [0.25, 0.3) is 6.08 Å². The van der Waals surface area contributed by atoms with Crippen LogP contribution in [0.4, 0.5) is 5.69 Å². The second-order valence-corrected chi connectivity index (χ2v) is 5.11. The Kier molecular flexibility index (Phi) is 5.60. The summed E-state index contributed by atoms with van der Waals surface area (Å²) in [4.78, 5) is 0. The molecule has 0 saturated heterocycles. The van der Waals surface area contributed by atoms with Crippen LogP contribution in [0, 0.1) is 0 Å². The van der Waals surface area contributed by atoms with Gasteiger partial charge in [-0.25, -0.2) is 0 Å². The Balaban J connectivity index is 2.33. The molecular weight excluding hydrogens is 294 g/mol. The first kappa shape index (κ1) is 17.3. The normalized spacial score (nSPS) is 20.3. The fourth-order valence-corrected chi connectivity index (χ4v) is 2.62. The van der Waals surface area contributed by atoms with Crippen LogP contribution in [0.3, 0.4) is 0 Å². The molecule has 1 unspecified atom stereocenters. The predicted octanol–water partition coefficient (Wildman–Crippen LogP) is 2.76. The third-order valence-electron chi connectivity index (χ3n) is 3.82. The van der Waals surface area contributed by atoms with E-state index in [2.05, 4.69) is 0 Å². The average Bonchev–Trinajstić information content (AvgIpc) is 2.58. The van der Waals surface area contributed by atoms with Crippen molar-refractivity contribution >= 4 is 11.8 Å². The molecule has 5 heteroatoms. The fraction of sp³-hybridized carbons (Fsp3) is 0.333. The molecule has 124 valence electrons. The summed E-state index contributed by atoms with van der Waals surface area (Å²) < 4.78 is 22.1. The molecule has 0 radical (unpaired) electrons. The molecule has 2 N–H and O–H groups in total. The summed E-state index contributed by atoms with van der Waals surface area (Å²) in [6, 6.07) is 7.66. The van der Waals surface area contributed by atoms with Crippen molar-refractivity contribution in [2.24, 2.45) is 0 Å². The molecule has 2 rings (SSSR count). The minimum absolute atomic E-state index is 0.432. The third-order valence-corrected chi connectivity index (χ3v) is 3.82. The molecular formula is C18H23NO4. The minimum atomic E-state index is -1.09. The maximum atomic E-state index is 5.79. The van der Waals surface area contributed by atoms with Gasteiger partial charge >= 0.3 is 0 Å². The number of nitrogen functional groups attached to an aromatic ring is 1. The summed E-state index contributed by atoms with van der Waals surface area (Å²) in [7, 11) is 6.30. The molecule has 1 atom stereocenters. The van der Waals surface area contributed by atoms with Crippen LogP contribution in [0.2, 0.25) is 0 Å². The number of benzene rings is 1. The van der Waals surface area contributed by atoms with E-state index >= 15 is 0 Å². The lowest BCUT2D eigenvalue weighted by molar-refractivity contribution is -0.246. The molecule has 0 fully saturated rings. The van der Waals surface area contributed by atoms with Gasteiger partial charge in [-0.1, -0.05) is 24.3 Å². The van der Waals surface area contributed by atoms with Crippen LogP contribution < -0.4 is 5.73 Å². The van der Waals surface area contributed by atoms with Gasteiger partial charge in [0.15, 0.2) is 5.76 Å². The van der Waals surface area contributed by atoms with Gasteiger partial charge in [0.1, 0.15) is 6.10 Å². The Morgan fingerprint density at radius 1 is 1.09 bits per heavy atom. The van der Waals surface area contributed by atoms with Crippen LogP contribution in [0.15, 0.2) is 53.8 Å². The van der Waals surface area contributed by atoms with Gasteiger partial charge in [0.05, 0.1) is 7.11 Å². The van der Waals surface area contributed by atoms with Gasteiger partial charge in [-0.05, 0) is 35.4 Å². The smallest absolute Gasteiger partial charge is 0.258 e. The SMILES string of the molecule is COC1=CC(/C=C\c2cccc(N)c2)=CC(OC)C1(OC)OC. The maximum Gasteiger partial charge on any atom is 0.258 e. The van der Waals surface area contributed by atoms with E-state index in [1.807, 2.05) is 48.6 Å². The van der Waals surface area contributed by atoms with E-state index in [1.54, 1.807) is 28.4 Å². The highest BCUT2D eigenvalue weighted by atomic mass is 16.7. The van der Waals surface area contributed by atoms with Crippen molar-refractivity contribution in [1.82, 2.24) is 0 Å². The second kappa shape index (κ2) is 7.46. The van der Waals surface area contributed by atoms with Crippen molar-refractivity contribution in [1.29, 1.82) is 0 Å². The third kappa shape index (κ3) is 3.47. The Morgan fingerprint density at radius 3 is 2.39 bits per heavy atom. The van der Waals surface area contributed by atoms with Gasteiger partial charge in [-0.2, -0.15) is 0 Å². The average molecular weight is 317 g/mol. The molecule has 1 aromatic carbocycles. The lowest BCUT2D eigenvalue weighted by atomic mass is 9.95. The van der Waals surface area contributed by atoms with Gasteiger partial charge in [0.25, 0.3) is 5.79 Å². The van der Waals surface area contributed by atoms with Crippen LogP contribution in [0.5, 0.6) is 0 Å². The molecule has 0 aliphatic heterocycles. The predicted molar refractivity (Wildman–Crippen MR) is 90.6 cm³/mol. The summed E-state index contributed by atoms with van der Waals surface area (Å²) in [6.45, 7) is 0. The minimum Gasteiger partial charge on any atom is -0.495 e. The van der Waals surface area contributed by atoms with Crippen molar-refractivity contribution in [3.8, 4) is 0 Å². The van der Waals surface area contributed by atoms with Crippen LogP contribution in [0.1, 0.15) is 5.56 Å². The lowest BCUT2D eigenvalue weighted by Crippen LogP contribution is -2.49. The highest BCUT2D eigenvalue weighted by Gasteiger charge is 2.46. The molecule has 1 aliphatic rings. The van der Waals surface area contributed by atoms with Crippen molar-refractivity contribution in [3.63, 3.8) is 0 Å². The highest BCUT2D eigenvalue weighted by molar-refractivity contribution is 5.59. The summed E-state index contributed by atoms with van der Waals surface area (Å²) in [5.74, 6) is -0.540. The number of allylic oxidation sites excluding steroid dienone is 3. The Hall–Kier alpha value is -2.08. The number of hydrogen-bond donors (Lipinski definition) is 1. The first-order chi connectivity index (χ1) is 11.1.